The van der Waals surface area contributed by atoms with Crippen LogP contribution in [0.2, 0.25) is 10.0 Å². The molecule has 2 aromatic rings. The number of esters is 1. The van der Waals surface area contributed by atoms with Crippen molar-refractivity contribution in [2.45, 2.75) is 45.4 Å². The molecule has 0 saturated heterocycles. The molecule has 0 spiro atoms. The Morgan fingerprint density at radius 1 is 1.03 bits per heavy atom. The van der Waals surface area contributed by atoms with Gasteiger partial charge < -0.3 is 4.74 Å². The van der Waals surface area contributed by atoms with Gasteiger partial charge in [-0.3, -0.25) is 4.79 Å². The van der Waals surface area contributed by atoms with Gasteiger partial charge in [0.05, 0.1) is 16.8 Å². The van der Waals surface area contributed by atoms with Crippen molar-refractivity contribution in [3.63, 3.8) is 0 Å². The van der Waals surface area contributed by atoms with Gasteiger partial charge in [-0.1, -0.05) is 43.0 Å². The summed E-state index contributed by atoms with van der Waals surface area (Å²) in [6.07, 6.45) is 7.63. The highest BCUT2D eigenvalue weighted by Crippen LogP contribution is 2.52. The number of sulfonamides is 1. The topological polar surface area (TPSA) is 89.5 Å². The molecule has 1 unspecified atom stereocenters. The quantitative estimate of drug-likeness (QED) is 0.442. The molecule has 176 valence electrons. The van der Waals surface area contributed by atoms with E-state index in [0.29, 0.717) is 10.9 Å². The third kappa shape index (κ3) is 5.05. The molecule has 2 aromatic carbocycles. The Hall–Kier alpha value is -2.09. The number of carbonyl (C=O) groups excluding carboxylic acids is 2. The highest BCUT2D eigenvalue weighted by molar-refractivity contribution is 7.89. The highest BCUT2D eigenvalue weighted by atomic mass is 35.5. The summed E-state index contributed by atoms with van der Waals surface area (Å²) in [7, 11) is -3.68. The molecule has 0 aromatic heterocycles. The summed E-state index contributed by atoms with van der Waals surface area (Å²) in [5, 5.41) is 0.648. The molecule has 0 aliphatic heterocycles. The first kappa shape index (κ1) is 24.0. The van der Waals surface area contributed by atoms with Crippen molar-refractivity contribution in [3.05, 3.63) is 62.6 Å². The van der Waals surface area contributed by atoms with E-state index in [1.807, 2.05) is 10.8 Å². The zero-order valence-electron chi connectivity index (χ0n) is 18.4. The molecule has 0 bridgehead atoms. The van der Waals surface area contributed by atoms with Crippen LogP contribution >= 0.6 is 23.2 Å². The summed E-state index contributed by atoms with van der Waals surface area (Å²) in [6.45, 7) is 2.31. The number of benzene rings is 2. The highest BCUT2D eigenvalue weighted by Gasteiger charge is 2.42. The predicted octanol–water partition coefficient (Wildman–Crippen LogP) is 5.20. The van der Waals surface area contributed by atoms with Crippen molar-refractivity contribution in [2.24, 2.45) is 11.3 Å². The second-order valence-corrected chi connectivity index (χ2v) is 11.8. The van der Waals surface area contributed by atoms with Crippen molar-refractivity contribution in [2.75, 3.05) is 6.26 Å². The molecule has 0 radical (unpaired) electrons. The van der Waals surface area contributed by atoms with Crippen LogP contribution in [0.15, 0.2) is 30.3 Å². The maximum atomic E-state index is 12.7. The lowest BCUT2D eigenvalue weighted by Gasteiger charge is -2.31. The third-order valence-electron chi connectivity index (χ3n) is 6.75. The van der Waals surface area contributed by atoms with E-state index in [0.717, 1.165) is 30.2 Å². The van der Waals surface area contributed by atoms with Crippen LogP contribution in [0.25, 0.3) is 0 Å². The molecule has 2 aliphatic rings. The molecule has 1 fully saturated rings. The maximum Gasteiger partial charge on any atom is 0.343 e. The number of ether oxygens (including phenoxy) is 1. The number of nitrogens with one attached hydrogen (secondary N) is 1. The standard InChI is InChI=1S/C24H25Cl2NO5S/c1-24(17-5-3-4-6-17)12-16-11-19(21(26)20(25)18(16)13-24)32-23(29)15-9-7-14(8-10-15)22(28)27-33(2,30)31/h7-11,17H,3-6,12-13H2,1-2H3,(H,27,28). The van der Waals surface area contributed by atoms with E-state index in [4.69, 9.17) is 27.9 Å². The predicted molar refractivity (Wildman–Crippen MR) is 128 cm³/mol. The van der Waals surface area contributed by atoms with E-state index in [9.17, 15) is 18.0 Å². The number of carbonyl (C=O) groups is 2. The van der Waals surface area contributed by atoms with Gasteiger partial charge in [-0.05, 0) is 78.5 Å². The van der Waals surface area contributed by atoms with Crippen LogP contribution in [0.4, 0.5) is 0 Å². The largest absolute Gasteiger partial charge is 0.421 e. The Labute approximate surface area is 203 Å². The summed E-state index contributed by atoms with van der Waals surface area (Å²) in [6, 6.07) is 7.29. The fourth-order valence-electron chi connectivity index (χ4n) is 5.07. The molecule has 1 N–H and O–H groups in total. The molecule has 9 heteroatoms. The Kier molecular flexibility index (Phi) is 6.51. The van der Waals surface area contributed by atoms with Crippen molar-refractivity contribution in [1.29, 1.82) is 0 Å². The van der Waals surface area contributed by atoms with Crippen molar-refractivity contribution in [3.8, 4) is 5.75 Å². The number of halogens is 2. The Morgan fingerprint density at radius 2 is 1.64 bits per heavy atom. The molecule has 4 rings (SSSR count). The molecular weight excluding hydrogens is 485 g/mol. The molecule has 0 heterocycles. The smallest absolute Gasteiger partial charge is 0.343 e. The van der Waals surface area contributed by atoms with E-state index < -0.39 is 21.9 Å². The minimum atomic E-state index is -3.68. The van der Waals surface area contributed by atoms with Gasteiger partial charge in [0, 0.05) is 5.56 Å². The van der Waals surface area contributed by atoms with Gasteiger partial charge in [0.1, 0.15) is 5.02 Å². The molecule has 6 nitrogen and oxygen atoms in total. The van der Waals surface area contributed by atoms with Crippen LogP contribution in [-0.2, 0) is 22.9 Å². The van der Waals surface area contributed by atoms with E-state index in [2.05, 4.69) is 6.92 Å². The van der Waals surface area contributed by atoms with E-state index in [1.165, 1.54) is 49.9 Å². The van der Waals surface area contributed by atoms with Gasteiger partial charge in [-0.25, -0.2) is 17.9 Å². The zero-order valence-corrected chi connectivity index (χ0v) is 20.7. The maximum absolute atomic E-state index is 12.7. The van der Waals surface area contributed by atoms with Crippen LogP contribution in [0.3, 0.4) is 0 Å². The second kappa shape index (κ2) is 8.93. The lowest BCUT2D eigenvalue weighted by molar-refractivity contribution is 0.0734. The minimum Gasteiger partial charge on any atom is -0.421 e. The van der Waals surface area contributed by atoms with Gasteiger partial charge in [0.25, 0.3) is 5.91 Å². The average Bonchev–Trinajstić information content (AvgIpc) is 3.40. The van der Waals surface area contributed by atoms with Gasteiger partial charge in [0.15, 0.2) is 5.75 Å². The first-order valence-electron chi connectivity index (χ1n) is 10.8. The van der Waals surface area contributed by atoms with Crippen LogP contribution < -0.4 is 9.46 Å². The Bertz CT molecular complexity index is 1220. The van der Waals surface area contributed by atoms with Gasteiger partial charge in [-0.2, -0.15) is 0 Å². The molecule has 1 atom stereocenters. The van der Waals surface area contributed by atoms with Gasteiger partial charge in [0.2, 0.25) is 10.0 Å². The SMILES string of the molecule is CC1(C2CCCC2)Cc2cc(OC(=O)c3ccc(C(=O)NS(C)(=O)=O)cc3)c(Cl)c(Cl)c2C1. The van der Waals surface area contributed by atoms with E-state index in [1.54, 1.807) is 0 Å². The van der Waals surface area contributed by atoms with E-state index >= 15 is 0 Å². The van der Waals surface area contributed by atoms with Crippen molar-refractivity contribution >= 4 is 45.1 Å². The lowest BCUT2D eigenvalue weighted by atomic mass is 9.74. The third-order valence-corrected chi connectivity index (χ3v) is 8.19. The summed E-state index contributed by atoms with van der Waals surface area (Å²) in [5.74, 6) is -0.570. The minimum absolute atomic E-state index is 0.0989. The molecule has 2 aliphatic carbocycles. The van der Waals surface area contributed by atoms with Crippen molar-refractivity contribution in [1.82, 2.24) is 4.72 Å². The molecule has 33 heavy (non-hydrogen) atoms. The Balaban J connectivity index is 1.52. The van der Waals surface area contributed by atoms with E-state index in [-0.39, 0.29) is 27.3 Å². The normalized spacial score (nSPS) is 20.5. The first-order valence-corrected chi connectivity index (χ1v) is 13.5. The van der Waals surface area contributed by atoms with Crippen LogP contribution in [0, 0.1) is 11.3 Å². The first-order chi connectivity index (χ1) is 15.5. The van der Waals surface area contributed by atoms with Gasteiger partial charge >= 0.3 is 5.97 Å². The summed E-state index contributed by atoms with van der Waals surface area (Å²) in [5.41, 5.74) is 2.53. The van der Waals surface area contributed by atoms with Crippen LogP contribution in [0.5, 0.6) is 5.75 Å². The summed E-state index contributed by atoms with van der Waals surface area (Å²) in [4.78, 5) is 24.6. The molecule has 1 saturated carbocycles. The number of amides is 1. The number of hydrogen-bond donors (Lipinski definition) is 1. The number of rotatable bonds is 5. The summed E-state index contributed by atoms with van der Waals surface area (Å²) >= 11 is 13.1. The molecular formula is C24H25Cl2NO5S. The van der Waals surface area contributed by atoms with Crippen molar-refractivity contribution < 1.29 is 22.7 Å². The number of hydrogen-bond acceptors (Lipinski definition) is 5. The average molecular weight is 510 g/mol. The number of fused-ring (bicyclic) bond motifs is 1. The Morgan fingerprint density at radius 3 is 2.24 bits per heavy atom. The lowest BCUT2D eigenvalue weighted by Crippen LogP contribution is -2.29. The van der Waals surface area contributed by atoms with Gasteiger partial charge in [-0.15, -0.1) is 0 Å². The monoisotopic (exact) mass is 509 g/mol. The van der Waals surface area contributed by atoms with Crippen LogP contribution in [-0.4, -0.2) is 26.6 Å². The summed E-state index contributed by atoms with van der Waals surface area (Å²) < 4.78 is 29.9. The second-order valence-electron chi connectivity index (χ2n) is 9.30. The zero-order chi connectivity index (χ0) is 24.0. The fourth-order valence-corrected chi connectivity index (χ4v) is 6.01. The van der Waals surface area contributed by atoms with Crippen LogP contribution in [0.1, 0.15) is 64.4 Å². The fraction of sp³-hybridized carbons (Fsp3) is 0.417. The molecule has 1 amide bonds.